The lowest BCUT2D eigenvalue weighted by Gasteiger charge is -2.24. The zero-order chi connectivity index (χ0) is 13.7. The Morgan fingerprint density at radius 1 is 1.41 bits per heavy atom. The quantitative estimate of drug-likeness (QED) is 0.434. The number of carbonyl (C=O) groups is 1. The number of esters is 1. The molecule has 0 aromatic carbocycles. The third kappa shape index (κ3) is 6.00. The van der Waals surface area contributed by atoms with Crippen molar-refractivity contribution in [3.05, 3.63) is 11.6 Å². The predicted molar refractivity (Wildman–Crippen MR) is 58.1 cm³/mol. The maximum atomic E-state index is 12.0. The first kappa shape index (κ1) is 15.6. The van der Waals surface area contributed by atoms with E-state index in [4.69, 9.17) is 6.42 Å². The normalized spacial score (nSPS) is 14.4. The lowest BCUT2D eigenvalue weighted by Crippen LogP contribution is -2.36. The molecule has 0 N–H and O–H groups in total. The third-order valence-electron chi connectivity index (χ3n) is 2.03. The molecule has 0 spiro atoms. The second-order valence-electron chi connectivity index (χ2n) is 4.08. The number of rotatable bonds is 4. The summed E-state index contributed by atoms with van der Waals surface area (Å²) in [6, 6.07) is 0. The summed E-state index contributed by atoms with van der Waals surface area (Å²) < 4.78 is 40.3. The minimum absolute atomic E-state index is 0.149. The first-order chi connectivity index (χ1) is 7.60. The molecule has 0 bridgehead atoms. The smallest absolute Gasteiger partial charge is 0.439 e. The Kier molecular flexibility index (Phi) is 5.27. The van der Waals surface area contributed by atoms with Crippen molar-refractivity contribution in [2.24, 2.45) is 0 Å². The van der Waals surface area contributed by atoms with Crippen LogP contribution in [-0.4, -0.2) is 17.7 Å². The zero-order valence-corrected chi connectivity index (χ0v) is 10.0. The van der Waals surface area contributed by atoms with Crippen LogP contribution in [0.5, 0.6) is 0 Å². The molecular formula is C12H15F3O2. The standard InChI is InChI=1S/C12H15F3O2/c1-5-11(4,8-6-7-9(2)3)17-10(16)12(13,14)15/h1,7H,6,8H2,2-4H3. The lowest BCUT2D eigenvalue weighted by atomic mass is 10.00. The molecule has 0 heterocycles. The Labute approximate surface area is 98.8 Å². The molecular weight excluding hydrogens is 233 g/mol. The highest BCUT2D eigenvalue weighted by atomic mass is 19.4. The first-order valence-electron chi connectivity index (χ1n) is 5.02. The van der Waals surface area contributed by atoms with Crippen LogP contribution in [0.1, 0.15) is 33.6 Å². The molecule has 5 heteroatoms. The molecule has 17 heavy (non-hydrogen) atoms. The van der Waals surface area contributed by atoms with Gasteiger partial charge in [-0.2, -0.15) is 13.2 Å². The maximum Gasteiger partial charge on any atom is 0.490 e. The van der Waals surface area contributed by atoms with Crippen molar-refractivity contribution in [3.63, 3.8) is 0 Å². The Balaban J connectivity index is 4.55. The molecule has 0 aromatic heterocycles. The molecule has 0 aliphatic heterocycles. The summed E-state index contributed by atoms with van der Waals surface area (Å²) in [7, 11) is 0. The molecule has 0 aliphatic rings. The third-order valence-corrected chi connectivity index (χ3v) is 2.03. The van der Waals surface area contributed by atoms with Crippen LogP contribution in [0, 0.1) is 12.3 Å². The summed E-state index contributed by atoms with van der Waals surface area (Å²) in [6.07, 6.45) is 2.50. The largest absolute Gasteiger partial charge is 0.490 e. The molecule has 96 valence electrons. The topological polar surface area (TPSA) is 26.3 Å². The highest BCUT2D eigenvalue weighted by molar-refractivity contribution is 5.76. The minimum Gasteiger partial charge on any atom is -0.439 e. The lowest BCUT2D eigenvalue weighted by molar-refractivity contribution is -0.208. The van der Waals surface area contributed by atoms with Crippen LogP contribution in [0.4, 0.5) is 13.2 Å². The highest BCUT2D eigenvalue weighted by Gasteiger charge is 2.44. The molecule has 1 atom stereocenters. The van der Waals surface area contributed by atoms with Crippen LogP contribution < -0.4 is 0 Å². The first-order valence-corrected chi connectivity index (χ1v) is 5.02. The van der Waals surface area contributed by atoms with E-state index < -0.39 is 17.7 Å². The van der Waals surface area contributed by atoms with Crippen LogP contribution in [-0.2, 0) is 9.53 Å². The van der Waals surface area contributed by atoms with Crippen molar-refractivity contribution < 1.29 is 22.7 Å². The Morgan fingerprint density at radius 3 is 2.29 bits per heavy atom. The van der Waals surface area contributed by atoms with Crippen LogP contribution in [0.15, 0.2) is 11.6 Å². The second-order valence-corrected chi connectivity index (χ2v) is 4.08. The van der Waals surface area contributed by atoms with Crippen molar-refractivity contribution in [2.45, 2.75) is 45.4 Å². The number of alkyl halides is 3. The summed E-state index contributed by atoms with van der Waals surface area (Å²) in [4.78, 5) is 10.7. The van der Waals surface area contributed by atoms with E-state index in [0.717, 1.165) is 5.57 Å². The fourth-order valence-electron chi connectivity index (χ4n) is 1.05. The molecule has 0 saturated heterocycles. The maximum absolute atomic E-state index is 12.0. The Bertz CT molecular complexity index is 346. The van der Waals surface area contributed by atoms with Crippen molar-refractivity contribution in [1.82, 2.24) is 0 Å². The van der Waals surface area contributed by atoms with E-state index in [1.54, 1.807) is 0 Å². The summed E-state index contributed by atoms with van der Waals surface area (Å²) in [5, 5.41) is 0. The summed E-state index contributed by atoms with van der Waals surface area (Å²) in [5.41, 5.74) is -0.509. The average molecular weight is 248 g/mol. The second kappa shape index (κ2) is 5.76. The average Bonchev–Trinajstić information content (AvgIpc) is 2.15. The molecule has 0 aliphatic carbocycles. The van der Waals surface area contributed by atoms with Crippen LogP contribution in [0.3, 0.4) is 0 Å². The van der Waals surface area contributed by atoms with Gasteiger partial charge in [-0.05, 0) is 27.2 Å². The predicted octanol–water partition coefficient (Wildman–Crippen LogP) is 3.23. The summed E-state index contributed by atoms with van der Waals surface area (Å²) >= 11 is 0. The van der Waals surface area contributed by atoms with E-state index in [1.807, 2.05) is 19.9 Å². The fraction of sp³-hybridized carbons (Fsp3) is 0.583. The zero-order valence-electron chi connectivity index (χ0n) is 10.0. The SMILES string of the molecule is C#CC(C)(CCC=C(C)C)OC(=O)C(F)(F)F. The Hall–Kier alpha value is -1.44. The van der Waals surface area contributed by atoms with E-state index in [9.17, 15) is 18.0 Å². The molecule has 1 unspecified atom stereocenters. The molecule has 2 nitrogen and oxygen atoms in total. The van der Waals surface area contributed by atoms with Gasteiger partial charge in [0, 0.05) is 6.42 Å². The molecule has 0 radical (unpaired) electrons. The molecule has 0 rings (SSSR count). The number of allylic oxidation sites excluding steroid dienone is 2. The van der Waals surface area contributed by atoms with Gasteiger partial charge < -0.3 is 4.74 Å². The van der Waals surface area contributed by atoms with Crippen molar-refractivity contribution >= 4 is 5.97 Å². The Morgan fingerprint density at radius 2 is 1.94 bits per heavy atom. The van der Waals surface area contributed by atoms with Gasteiger partial charge in [0.1, 0.15) is 0 Å². The van der Waals surface area contributed by atoms with Crippen LogP contribution in [0.2, 0.25) is 0 Å². The van der Waals surface area contributed by atoms with Gasteiger partial charge in [-0.1, -0.05) is 17.6 Å². The van der Waals surface area contributed by atoms with Gasteiger partial charge >= 0.3 is 12.1 Å². The number of hydrogen-bond donors (Lipinski definition) is 0. The highest BCUT2D eigenvalue weighted by Crippen LogP contribution is 2.24. The number of ether oxygens (including phenoxy) is 1. The van der Waals surface area contributed by atoms with Crippen molar-refractivity contribution in [2.75, 3.05) is 0 Å². The number of hydrogen-bond acceptors (Lipinski definition) is 2. The molecule has 0 aromatic rings. The molecule has 0 amide bonds. The molecule has 0 saturated carbocycles. The molecule has 0 fully saturated rings. The van der Waals surface area contributed by atoms with E-state index in [2.05, 4.69) is 10.7 Å². The summed E-state index contributed by atoms with van der Waals surface area (Å²) in [5.74, 6) is -0.172. The van der Waals surface area contributed by atoms with Gasteiger partial charge in [-0.15, -0.1) is 6.42 Å². The van der Waals surface area contributed by atoms with E-state index in [1.165, 1.54) is 6.92 Å². The van der Waals surface area contributed by atoms with Crippen molar-refractivity contribution in [3.8, 4) is 12.3 Å². The van der Waals surface area contributed by atoms with Gasteiger partial charge in [0.25, 0.3) is 0 Å². The van der Waals surface area contributed by atoms with Gasteiger partial charge in [0.15, 0.2) is 5.60 Å². The van der Waals surface area contributed by atoms with Gasteiger partial charge in [0.2, 0.25) is 0 Å². The van der Waals surface area contributed by atoms with Gasteiger partial charge in [-0.3, -0.25) is 0 Å². The van der Waals surface area contributed by atoms with E-state index in [-0.39, 0.29) is 6.42 Å². The number of halogens is 3. The van der Waals surface area contributed by atoms with E-state index >= 15 is 0 Å². The number of carbonyl (C=O) groups excluding carboxylic acids is 1. The van der Waals surface area contributed by atoms with Crippen LogP contribution in [0.25, 0.3) is 0 Å². The number of terminal acetylenes is 1. The van der Waals surface area contributed by atoms with Gasteiger partial charge in [0.05, 0.1) is 0 Å². The summed E-state index contributed by atoms with van der Waals surface area (Å²) in [6.45, 7) is 5.00. The fourth-order valence-corrected chi connectivity index (χ4v) is 1.05. The van der Waals surface area contributed by atoms with E-state index in [0.29, 0.717) is 6.42 Å². The van der Waals surface area contributed by atoms with Crippen LogP contribution >= 0.6 is 0 Å². The monoisotopic (exact) mass is 248 g/mol. The minimum atomic E-state index is -5.02. The van der Waals surface area contributed by atoms with Crippen molar-refractivity contribution in [1.29, 1.82) is 0 Å². The van der Waals surface area contributed by atoms with Gasteiger partial charge in [-0.25, -0.2) is 4.79 Å².